The number of hydrogen-bond donors (Lipinski definition) is 0. The number of hydrogen-bond acceptors (Lipinski definition) is 3. The molecule has 2 aromatic rings. The van der Waals surface area contributed by atoms with E-state index in [4.69, 9.17) is 9.05 Å². The zero-order chi connectivity index (χ0) is 11.9. The molecule has 0 N–H and O–H groups in total. The molecule has 1 heterocycles. The van der Waals surface area contributed by atoms with Crippen LogP contribution in [0.3, 0.4) is 0 Å². The summed E-state index contributed by atoms with van der Waals surface area (Å²) in [5, 5.41) is 0. The number of benzene rings is 1. The van der Waals surface area contributed by atoms with Crippen molar-refractivity contribution in [1.82, 2.24) is 4.98 Å². The summed E-state index contributed by atoms with van der Waals surface area (Å²) in [5.74, 6) is 3.10. The predicted octanol–water partition coefficient (Wildman–Crippen LogP) is 3.99. The molecule has 3 nitrogen and oxygen atoms in total. The number of rotatable bonds is 5. The summed E-state index contributed by atoms with van der Waals surface area (Å²) < 4.78 is 11.3. The monoisotopic (exact) mass is 245 g/mol. The fourth-order valence-electron chi connectivity index (χ4n) is 1.18. The molecule has 1 atom stereocenters. The van der Waals surface area contributed by atoms with Gasteiger partial charge in [0.2, 0.25) is 0 Å². The molecule has 0 saturated heterocycles. The van der Waals surface area contributed by atoms with Crippen LogP contribution >= 0.6 is 8.38 Å². The lowest BCUT2D eigenvalue weighted by molar-refractivity contribution is 0.499. The van der Waals surface area contributed by atoms with Crippen LogP contribution in [-0.4, -0.2) is 4.98 Å². The molecule has 1 aromatic carbocycles. The Morgan fingerprint density at radius 2 is 1.71 bits per heavy atom. The van der Waals surface area contributed by atoms with Crippen molar-refractivity contribution in [1.29, 1.82) is 0 Å². The lowest BCUT2D eigenvalue weighted by Gasteiger charge is -2.14. The highest BCUT2D eigenvalue weighted by Crippen LogP contribution is 2.40. The molecule has 86 valence electrons. The van der Waals surface area contributed by atoms with Crippen molar-refractivity contribution in [3.8, 4) is 11.5 Å². The van der Waals surface area contributed by atoms with Crippen molar-refractivity contribution < 1.29 is 9.05 Å². The number of aromatic nitrogens is 1. The quantitative estimate of drug-likeness (QED) is 0.746. The average molecular weight is 245 g/mol. The second kappa shape index (κ2) is 6.02. The van der Waals surface area contributed by atoms with Crippen molar-refractivity contribution in [2.75, 3.05) is 0 Å². The van der Waals surface area contributed by atoms with Crippen LogP contribution in [0.2, 0.25) is 0 Å². The van der Waals surface area contributed by atoms with Gasteiger partial charge in [0.25, 0.3) is 0 Å². The van der Waals surface area contributed by atoms with Gasteiger partial charge in [-0.05, 0) is 24.3 Å². The van der Waals surface area contributed by atoms with Gasteiger partial charge in [0.05, 0.1) is 6.20 Å². The van der Waals surface area contributed by atoms with E-state index in [1.165, 1.54) is 0 Å². The normalized spacial score (nSPS) is 11.5. The molecule has 0 aliphatic heterocycles. The van der Waals surface area contributed by atoms with E-state index in [0.29, 0.717) is 5.75 Å². The van der Waals surface area contributed by atoms with Crippen molar-refractivity contribution in [3.05, 3.63) is 67.3 Å². The molecule has 0 amide bonds. The molecule has 1 aromatic heterocycles. The summed E-state index contributed by atoms with van der Waals surface area (Å²) >= 11 is 0. The van der Waals surface area contributed by atoms with E-state index in [1.54, 1.807) is 18.2 Å². The molecule has 1 unspecified atom stereocenters. The molecule has 0 fully saturated rings. The molecule has 4 heteroatoms. The van der Waals surface area contributed by atoms with Crippen LogP contribution in [-0.2, 0) is 0 Å². The summed E-state index contributed by atoms with van der Waals surface area (Å²) in [7, 11) is -1.19. The lowest BCUT2D eigenvalue weighted by atomic mass is 10.3. The third-order valence-corrected chi connectivity index (χ3v) is 3.00. The second-order valence-corrected chi connectivity index (χ2v) is 4.45. The van der Waals surface area contributed by atoms with Gasteiger partial charge >= 0.3 is 8.38 Å². The minimum atomic E-state index is -1.19. The lowest BCUT2D eigenvalue weighted by Crippen LogP contribution is -1.93. The van der Waals surface area contributed by atoms with Gasteiger partial charge in [0.1, 0.15) is 11.5 Å². The molecule has 0 radical (unpaired) electrons. The van der Waals surface area contributed by atoms with Gasteiger partial charge in [-0.3, -0.25) is 4.98 Å². The Hall–Kier alpha value is -1.86. The minimum Gasteiger partial charge on any atom is -0.436 e. The molecule has 0 spiro atoms. The van der Waals surface area contributed by atoms with Crippen LogP contribution < -0.4 is 9.05 Å². The third kappa shape index (κ3) is 3.58. The Kier molecular flexibility index (Phi) is 4.11. The van der Waals surface area contributed by atoms with E-state index in [1.807, 2.05) is 42.5 Å². The van der Waals surface area contributed by atoms with E-state index in [9.17, 15) is 0 Å². The van der Waals surface area contributed by atoms with Gasteiger partial charge in [-0.15, -0.1) is 0 Å². The van der Waals surface area contributed by atoms with Crippen LogP contribution in [0.1, 0.15) is 0 Å². The van der Waals surface area contributed by atoms with Crippen molar-refractivity contribution in [3.63, 3.8) is 0 Å². The molecule has 2 rings (SSSR count). The van der Waals surface area contributed by atoms with Gasteiger partial charge in [-0.2, -0.15) is 0 Å². The Balaban J connectivity index is 2.01. The fraction of sp³-hybridized carbons (Fsp3) is 0. The number of pyridine rings is 1. The smallest absolute Gasteiger partial charge is 0.317 e. The fourth-order valence-corrected chi connectivity index (χ4v) is 2.02. The van der Waals surface area contributed by atoms with Crippen molar-refractivity contribution >= 4 is 8.38 Å². The Labute approximate surface area is 102 Å². The van der Waals surface area contributed by atoms with Gasteiger partial charge in [0, 0.05) is 12.0 Å². The first-order valence-corrected chi connectivity index (χ1v) is 6.36. The van der Waals surface area contributed by atoms with Crippen molar-refractivity contribution in [2.24, 2.45) is 0 Å². The van der Waals surface area contributed by atoms with E-state index < -0.39 is 8.38 Å². The van der Waals surface area contributed by atoms with Crippen LogP contribution in [0.4, 0.5) is 0 Å². The highest BCUT2D eigenvalue weighted by Gasteiger charge is 2.09. The maximum absolute atomic E-state index is 5.66. The largest absolute Gasteiger partial charge is 0.436 e. The second-order valence-electron chi connectivity index (χ2n) is 3.15. The molecule has 0 saturated carbocycles. The topological polar surface area (TPSA) is 31.4 Å². The van der Waals surface area contributed by atoms with Crippen LogP contribution in [0.15, 0.2) is 67.3 Å². The van der Waals surface area contributed by atoms with Gasteiger partial charge < -0.3 is 9.05 Å². The zero-order valence-corrected chi connectivity index (χ0v) is 10.1. The first kappa shape index (κ1) is 11.6. The SMILES string of the molecule is C=CP(Oc1ccccc1)Oc1cccnc1. The van der Waals surface area contributed by atoms with Gasteiger partial charge in [-0.1, -0.05) is 24.8 Å². The number of para-hydroxylation sites is 1. The maximum Gasteiger partial charge on any atom is 0.317 e. The molecule has 0 aliphatic rings. The van der Waals surface area contributed by atoms with Crippen LogP contribution in [0.5, 0.6) is 11.5 Å². The summed E-state index contributed by atoms with van der Waals surface area (Å²) in [4.78, 5) is 3.97. The standard InChI is InChI=1S/C13H12NO2P/c1-2-17(15-12-7-4-3-5-8-12)16-13-9-6-10-14-11-13/h2-11H,1H2. The van der Waals surface area contributed by atoms with E-state index in [2.05, 4.69) is 11.6 Å². The summed E-state index contributed by atoms with van der Waals surface area (Å²) in [6.45, 7) is 3.71. The van der Waals surface area contributed by atoms with Crippen molar-refractivity contribution in [2.45, 2.75) is 0 Å². The first-order chi connectivity index (χ1) is 8.38. The minimum absolute atomic E-state index is 0.675. The third-order valence-electron chi connectivity index (χ3n) is 1.92. The van der Waals surface area contributed by atoms with Gasteiger partial charge in [0.15, 0.2) is 0 Å². The predicted molar refractivity (Wildman–Crippen MR) is 69.1 cm³/mol. The molecule has 0 aliphatic carbocycles. The first-order valence-electron chi connectivity index (χ1n) is 5.11. The van der Waals surface area contributed by atoms with E-state index in [-0.39, 0.29) is 0 Å². The highest BCUT2D eigenvalue weighted by molar-refractivity contribution is 7.51. The zero-order valence-electron chi connectivity index (χ0n) is 9.19. The van der Waals surface area contributed by atoms with E-state index in [0.717, 1.165) is 5.75 Å². The Morgan fingerprint density at radius 3 is 2.35 bits per heavy atom. The maximum atomic E-state index is 5.66. The van der Waals surface area contributed by atoms with Gasteiger partial charge in [-0.25, -0.2) is 0 Å². The molecular weight excluding hydrogens is 233 g/mol. The molecular formula is C13H12NO2P. The Bertz CT molecular complexity index is 420. The van der Waals surface area contributed by atoms with Crippen LogP contribution in [0.25, 0.3) is 0 Å². The summed E-state index contributed by atoms with van der Waals surface area (Å²) in [6, 6.07) is 13.2. The van der Waals surface area contributed by atoms with Crippen LogP contribution in [0, 0.1) is 0 Å². The Morgan fingerprint density at radius 1 is 1.00 bits per heavy atom. The summed E-state index contributed by atoms with van der Waals surface area (Å²) in [6.07, 6.45) is 3.34. The number of nitrogens with zero attached hydrogens (tertiary/aromatic N) is 1. The van der Waals surface area contributed by atoms with E-state index >= 15 is 0 Å². The molecule has 0 bridgehead atoms. The molecule has 17 heavy (non-hydrogen) atoms. The summed E-state index contributed by atoms with van der Waals surface area (Å²) in [5.41, 5.74) is 0. The highest BCUT2D eigenvalue weighted by atomic mass is 31.2. The average Bonchev–Trinajstić information content (AvgIpc) is 2.40.